The van der Waals surface area contributed by atoms with Crippen molar-refractivity contribution in [2.75, 3.05) is 24.7 Å². The fourth-order valence-corrected chi connectivity index (χ4v) is 5.62. The lowest BCUT2D eigenvalue weighted by Gasteiger charge is -2.30. The molecule has 1 aliphatic heterocycles. The third-order valence-electron chi connectivity index (χ3n) is 4.93. The van der Waals surface area contributed by atoms with Crippen LogP contribution in [-0.4, -0.2) is 52.6 Å². The maximum atomic E-state index is 12.1. The lowest BCUT2D eigenvalue weighted by atomic mass is 9.99. The second-order valence-electron chi connectivity index (χ2n) is 6.63. The van der Waals surface area contributed by atoms with Gasteiger partial charge in [0.25, 0.3) is 0 Å². The SMILES string of the molecule is CN1C(C)(CNc2nc(-c3ccccn3)nc3sccc23)CCS1(=O)=O. The Bertz CT molecular complexity index is 1050. The van der Waals surface area contributed by atoms with Gasteiger partial charge in [0.05, 0.1) is 16.7 Å². The Kier molecular flexibility index (Phi) is 4.17. The van der Waals surface area contributed by atoms with Gasteiger partial charge in [0.15, 0.2) is 5.82 Å². The molecule has 26 heavy (non-hydrogen) atoms. The molecule has 4 rings (SSSR count). The number of hydrogen-bond acceptors (Lipinski definition) is 7. The Morgan fingerprint density at radius 3 is 2.85 bits per heavy atom. The Morgan fingerprint density at radius 2 is 2.15 bits per heavy atom. The highest BCUT2D eigenvalue weighted by molar-refractivity contribution is 7.89. The van der Waals surface area contributed by atoms with Crippen molar-refractivity contribution < 1.29 is 8.42 Å². The van der Waals surface area contributed by atoms with E-state index in [2.05, 4.69) is 20.3 Å². The molecule has 0 saturated carbocycles. The summed E-state index contributed by atoms with van der Waals surface area (Å²) in [4.78, 5) is 14.5. The predicted molar refractivity (Wildman–Crippen MR) is 104 cm³/mol. The van der Waals surface area contributed by atoms with Crippen molar-refractivity contribution >= 4 is 37.4 Å². The summed E-state index contributed by atoms with van der Waals surface area (Å²) in [5.41, 5.74) is 0.231. The van der Waals surface area contributed by atoms with E-state index in [1.165, 1.54) is 4.31 Å². The number of hydrogen-bond donors (Lipinski definition) is 1. The molecular weight excluding hydrogens is 370 g/mol. The van der Waals surface area contributed by atoms with Gasteiger partial charge in [-0.1, -0.05) is 6.07 Å². The van der Waals surface area contributed by atoms with Crippen LogP contribution in [0.4, 0.5) is 5.82 Å². The second-order valence-corrected chi connectivity index (χ2v) is 9.65. The average Bonchev–Trinajstić information content (AvgIpc) is 3.20. The Morgan fingerprint density at radius 1 is 1.31 bits per heavy atom. The third kappa shape index (κ3) is 2.95. The molecule has 3 aromatic heterocycles. The quantitative estimate of drug-likeness (QED) is 0.738. The van der Waals surface area contributed by atoms with Crippen LogP contribution in [0.2, 0.25) is 0 Å². The molecule has 1 unspecified atom stereocenters. The fourth-order valence-electron chi connectivity index (χ4n) is 3.05. The van der Waals surface area contributed by atoms with Crippen molar-refractivity contribution in [3.8, 4) is 11.5 Å². The number of anilines is 1. The minimum Gasteiger partial charge on any atom is -0.368 e. The minimum absolute atomic E-state index is 0.179. The van der Waals surface area contributed by atoms with Crippen LogP contribution in [0.3, 0.4) is 0 Å². The number of fused-ring (bicyclic) bond motifs is 1. The highest BCUT2D eigenvalue weighted by Crippen LogP contribution is 2.32. The zero-order valence-corrected chi connectivity index (χ0v) is 16.1. The van der Waals surface area contributed by atoms with E-state index in [1.54, 1.807) is 24.6 Å². The van der Waals surface area contributed by atoms with Crippen molar-refractivity contribution in [1.29, 1.82) is 0 Å². The zero-order valence-electron chi connectivity index (χ0n) is 14.5. The van der Waals surface area contributed by atoms with Crippen molar-refractivity contribution in [3.05, 3.63) is 35.8 Å². The molecule has 1 saturated heterocycles. The summed E-state index contributed by atoms with van der Waals surface area (Å²) in [6.07, 6.45) is 2.30. The number of pyridine rings is 1. The Hall–Kier alpha value is -2.10. The molecule has 0 radical (unpaired) electrons. The topological polar surface area (TPSA) is 88.1 Å². The van der Waals surface area contributed by atoms with Crippen molar-refractivity contribution in [2.24, 2.45) is 0 Å². The van der Waals surface area contributed by atoms with Crippen LogP contribution < -0.4 is 5.32 Å². The van der Waals surface area contributed by atoms with Crippen LogP contribution in [-0.2, 0) is 10.0 Å². The molecule has 0 aromatic carbocycles. The molecule has 0 bridgehead atoms. The molecule has 3 aromatic rings. The molecule has 0 amide bonds. The average molecular weight is 390 g/mol. The lowest BCUT2D eigenvalue weighted by molar-refractivity contribution is 0.278. The van der Waals surface area contributed by atoms with Crippen molar-refractivity contribution in [2.45, 2.75) is 18.9 Å². The minimum atomic E-state index is -3.17. The van der Waals surface area contributed by atoms with E-state index in [-0.39, 0.29) is 5.75 Å². The second kappa shape index (κ2) is 6.26. The Balaban J connectivity index is 1.67. The maximum Gasteiger partial charge on any atom is 0.214 e. The normalized spacial score (nSPS) is 22.7. The molecule has 0 spiro atoms. The molecule has 9 heteroatoms. The number of rotatable bonds is 4. The molecule has 1 atom stereocenters. The summed E-state index contributed by atoms with van der Waals surface area (Å²) < 4.78 is 25.6. The summed E-state index contributed by atoms with van der Waals surface area (Å²) in [7, 11) is -1.52. The first kappa shape index (κ1) is 17.3. The van der Waals surface area contributed by atoms with Gasteiger partial charge in [0.2, 0.25) is 10.0 Å². The highest BCUT2D eigenvalue weighted by Gasteiger charge is 2.43. The van der Waals surface area contributed by atoms with E-state index in [1.807, 2.05) is 36.6 Å². The molecule has 136 valence electrons. The van der Waals surface area contributed by atoms with Crippen LogP contribution in [0, 0.1) is 0 Å². The first-order chi connectivity index (χ1) is 12.4. The number of likely N-dealkylation sites (N-methyl/N-ethyl adjacent to an activating group) is 1. The summed E-state index contributed by atoms with van der Waals surface area (Å²) in [5, 5.41) is 6.26. The van der Waals surface area contributed by atoms with Crippen LogP contribution in [0.15, 0.2) is 35.8 Å². The van der Waals surface area contributed by atoms with Crippen molar-refractivity contribution in [1.82, 2.24) is 19.3 Å². The van der Waals surface area contributed by atoms with E-state index in [4.69, 9.17) is 0 Å². The standard InChI is InChI=1S/C17H19N5O2S2/c1-17(7-10-26(23,24)22(17)2)11-19-14-12-6-9-25-16(12)21-15(20-14)13-5-3-4-8-18-13/h3-6,8-9H,7,10-11H2,1-2H3,(H,19,20,21). The van der Waals surface area contributed by atoms with Gasteiger partial charge in [-0.25, -0.2) is 18.4 Å². The van der Waals surface area contributed by atoms with Gasteiger partial charge in [-0.05, 0) is 36.9 Å². The molecule has 0 aliphatic carbocycles. The first-order valence-corrected chi connectivity index (χ1v) is 10.8. The predicted octanol–water partition coefficient (Wildman–Crippen LogP) is 2.59. The van der Waals surface area contributed by atoms with E-state index >= 15 is 0 Å². The molecule has 4 heterocycles. The zero-order chi connectivity index (χ0) is 18.4. The summed E-state index contributed by atoms with van der Waals surface area (Å²) in [5.74, 6) is 1.44. The lowest BCUT2D eigenvalue weighted by Crippen LogP contribution is -2.45. The number of nitrogens with one attached hydrogen (secondary N) is 1. The first-order valence-electron chi connectivity index (χ1n) is 8.26. The Labute approximate surface area is 156 Å². The summed E-state index contributed by atoms with van der Waals surface area (Å²) in [6, 6.07) is 7.60. The van der Waals surface area contributed by atoms with Crippen LogP contribution in [0.25, 0.3) is 21.7 Å². The molecular formula is C17H19N5O2S2. The van der Waals surface area contributed by atoms with Gasteiger partial charge in [-0.15, -0.1) is 11.3 Å². The fraction of sp³-hybridized carbons (Fsp3) is 0.353. The summed E-state index contributed by atoms with van der Waals surface area (Å²) in [6.45, 7) is 2.43. The van der Waals surface area contributed by atoms with E-state index in [0.717, 1.165) is 10.2 Å². The largest absolute Gasteiger partial charge is 0.368 e. The van der Waals surface area contributed by atoms with Gasteiger partial charge >= 0.3 is 0 Å². The number of nitrogens with zero attached hydrogens (tertiary/aromatic N) is 4. The number of sulfonamides is 1. The number of aromatic nitrogens is 3. The smallest absolute Gasteiger partial charge is 0.214 e. The van der Waals surface area contributed by atoms with Gasteiger partial charge < -0.3 is 5.32 Å². The highest BCUT2D eigenvalue weighted by atomic mass is 32.2. The van der Waals surface area contributed by atoms with Gasteiger partial charge in [0.1, 0.15) is 16.3 Å². The third-order valence-corrected chi connectivity index (χ3v) is 7.73. The van der Waals surface area contributed by atoms with Crippen LogP contribution in [0.1, 0.15) is 13.3 Å². The molecule has 1 N–H and O–H groups in total. The molecule has 1 aliphatic rings. The van der Waals surface area contributed by atoms with Crippen LogP contribution >= 0.6 is 11.3 Å². The van der Waals surface area contributed by atoms with Crippen molar-refractivity contribution in [3.63, 3.8) is 0 Å². The summed E-state index contributed by atoms with van der Waals surface area (Å²) >= 11 is 1.54. The molecule has 1 fully saturated rings. The van der Waals surface area contributed by atoms with E-state index < -0.39 is 15.6 Å². The maximum absolute atomic E-state index is 12.1. The molecule has 7 nitrogen and oxygen atoms in total. The van der Waals surface area contributed by atoms with Crippen LogP contribution in [0.5, 0.6) is 0 Å². The van der Waals surface area contributed by atoms with Gasteiger partial charge in [-0.3, -0.25) is 4.98 Å². The van der Waals surface area contributed by atoms with Gasteiger partial charge in [0, 0.05) is 19.8 Å². The monoisotopic (exact) mass is 389 g/mol. The number of thiophene rings is 1. The van der Waals surface area contributed by atoms with E-state index in [9.17, 15) is 8.42 Å². The van der Waals surface area contributed by atoms with Gasteiger partial charge in [-0.2, -0.15) is 4.31 Å². The van der Waals surface area contributed by atoms with E-state index in [0.29, 0.717) is 30.3 Å².